The van der Waals surface area contributed by atoms with Gasteiger partial charge in [-0.1, -0.05) is 18.2 Å². The monoisotopic (exact) mass is 408 g/mol. The van der Waals surface area contributed by atoms with Crippen LogP contribution in [0.15, 0.2) is 83.8 Å². The first kappa shape index (κ1) is 19.0. The molecule has 0 radical (unpaired) electrons. The number of ether oxygens (including phenoxy) is 1. The van der Waals surface area contributed by atoms with Crippen LogP contribution in [0, 0.1) is 0 Å². The number of anilines is 2. The second-order valence-corrected chi connectivity index (χ2v) is 8.37. The molecule has 1 heterocycles. The molecule has 6 nitrogen and oxygen atoms in total. The summed E-state index contributed by atoms with van der Waals surface area (Å²) in [7, 11) is -3.73. The standard InChI is InChI=1S/C22H20N2O4S/c25-22-7-4-16-24(22)18-10-14-21(15-11-18)29(26,27)23-17-8-12-20(13-9-17)28-19-5-2-1-3-6-19/h1-3,5-6,8-15,23H,4,7,16H2. The molecule has 0 atom stereocenters. The summed E-state index contributed by atoms with van der Waals surface area (Å²) >= 11 is 0. The third-order valence-corrected chi connectivity index (χ3v) is 6.01. The Kier molecular flexibility index (Phi) is 5.22. The number of rotatable bonds is 6. The Morgan fingerprint density at radius 1 is 0.828 bits per heavy atom. The van der Waals surface area contributed by atoms with Crippen molar-refractivity contribution in [1.29, 1.82) is 0 Å². The highest BCUT2D eigenvalue weighted by atomic mass is 32.2. The van der Waals surface area contributed by atoms with Crippen molar-refractivity contribution in [3.63, 3.8) is 0 Å². The van der Waals surface area contributed by atoms with Crippen LogP contribution in [-0.2, 0) is 14.8 Å². The lowest BCUT2D eigenvalue weighted by Gasteiger charge is -2.16. The van der Waals surface area contributed by atoms with E-state index < -0.39 is 10.0 Å². The van der Waals surface area contributed by atoms with Gasteiger partial charge in [0.05, 0.1) is 4.90 Å². The van der Waals surface area contributed by atoms with Gasteiger partial charge in [0.2, 0.25) is 5.91 Å². The number of sulfonamides is 1. The van der Waals surface area contributed by atoms with Crippen molar-refractivity contribution in [3.05, 3.63) is 78.9 Å². The SMILES string of the molecule is O=C1CCCN1c1ccc(S(=O)(=O)Nc2ccc(Oc3ccccc3)cc2)cc1. The molecule has 1 saturated heterocycles. The maximum Gasteiger partial charge on any atom is 0.261 e. The first-order chi connectivity index (χ1) is 14.0. The van der Waals surface area contributed by atoms with Crippen LogP contribution in [0.5, 0.6) is 11.5 Å². The normalized spacial score (nSPS) is 14.1. The minimum Gasteiger partial charge on any atom is -0.457 e. The maximum atomic E-state index is 12.7. The van der Waals surface area contributed by atoms with Gasteiger partial charge in [-0.05, 0) is 67.1 Å². The van der Waals surface area contributed by atoms with Crippen molar-refractivity contribution in [2.24, 2.45) is 0 Å². The van der Waals surface area contributed by atoms with Crippen molar-refractivity contribution in [1.82, 2.24) is 0 Å². The molecule has 1 N–H and O–H groups in total. The second kappa shape index (κ2) is 7.97. The zero-order valence-electron chi connectivity index (χ0n) is 15.6. The van der Waals surface area contributed by atoms with Gasteiger partial charge in [-0.15, -0.1) is 0 Å². The molecular formula is C22H20N2O4S. The molecule has 1 fully saturated rings. The Morgan fingerprint density at radius 3 is 2.10 bits per heavy atom. The molecule has 1 aliphatic heterocycles. The van der Waals surface area contributed by atoms with E-state index in [2.05, 4.69) is 4.72 Å². The fraction of sp³-hybridized carbons (Fsp3) is 0.136. The molecule has 0 bridgehead atoms. The van der Waals surface area contributed by atoms with Gasteiger partial charge in [-0.3, -0.25) is 9.52 Å². The summed E-state index contributed by atoms with van der Waals surface area (Å²) in [6, 6.07) is 22.4. The van der Waals surface area contributed by atoms with Gasteiger partial charge in [-0.2, -0.15) is 0 Å². The summed E-state index contributed by atoms with van der Waals surface area (Å²) in [6.45, 7) is 0.667. The molecule has 1 aliphatic rings. The summed E-state index contributed by atoms with van der Waals surface area (Å²) in [6.07, 6.45) is 1.36. The minimum atomic E-state index is -3.73. The number of hydrogen-bond donors (Lipinski definition) is 1. The summed E-state index contributed by atoms with van der Waals surface area (Å²) in [5.41, 5.74) is 1.15. The number of carbonyl (C=O) groups is 1. The van der Waals surface area contributed by atoms with E-state index in [1.807, 2.05) is 30.3 Å². The van der Waals surface area contributed by atoms with Crippen molar-refractivity contribution < 1.29 is 17.9 Å². The average Bonchev–Trinajstić information content (AvgIpc) is 3.16. The highest BCUT2D eigenvalue weighted by Crippen LogP contribution is 2.26. The topological polar surface area (TPSA) is 75.7 Å². The zero-order valence-corrected chi connectivity index (χ0v) is 16.4. The number of amides is 1. The Balaban J connectivity index is 1.44. The smallest absolute Gasteiger partial charge is 0.261 e. The van der Waals surface area contributed by atoms with Crippen LogP contribution in [-0.4, -0.2) is 20.9 Å². The zero-order chi connectivity index (χ0) is 20.3. The Labute approximate surface area is 169 Å². The van der Waals surface area contributed by atoms with E-state index in [4.69, 9.17) is 4.74 Å². The molecule has 0 aliphatic carbocycles. The van der Waals surface area contributed by atoms with E-state index in [9.17, 15) is 13.2 Å². The molecule has 0 spiro atoms. The number of nitrogens with one attached hydrogen (secondary N) is 1. The van der Waals surface area contributed by atoms with Crippen LogP contribution in [0.4, 0.5) is 11.4 Å². The van der Waals surface area contributed by atoms with Gasteiger partial charge in [0, 0.05) is 24.3 Å². The molecule has 4 rings (SSSR count). The lowest BCUT2D eigenvalue weighted by Crippen LogP contribution is -2.23. The van der Waals surface area contributed by atoms with Crippen molar-refractivity contribution in [3.8, 4) is 11.5 Å². The molecule has 1 amide bonds. The third-order valence-electron chi connectivity index (χ3n) is 4.62. The molecule has 3 aromatic rings. The quantitative estimate of drug-likeness (QED) is 0.656. The lowest BCUT2D eigenvalue weighted by molar-refractivity contribution is -0.117. The van der Waals surface area contributed by atoms with E-state index in [-0.39, 0.29) is 10.8 Å². The summed E-state index contributed by atoms with van der Waals surface area (Å²) < 4.78 is 33.6. The minimum absolute atomic E-state index is 0.0662. The number of hydrogen-bond acceptors (Lipinski definition) is 4. The van der Waals surface area contributed by atoms with Gasteiger partial charge < -0.3 is 9.64 Å². The molecule has 0 saturated carbocycles. The highest BCUT2D eigenvalue weighted by molar-refractivity contribution is 7.92. The predicted octanol–water partition coefficient (Wildman–Crippen LogP) is 4.41. The molecule has 148 valence electrons. The Morgan fingerprint density at radius 2 is 1.48 bits per heavy atom. The van der Waals surface area contributed by atoms with Crippen LogP contribution < -0.4 is 14.4 Å². The third kappa shape index (κ3) is 4.41. The van der Waals surface area contributed by atoms with Crippen molar-refractivity contribution in [2.45, 2.75) is 17.7 Å². The van der Waals surface area contributed by atoms with Gasteiger partial charge in [0.15, 0.2) is 0 Å². The first-order valence-electron chi connectivity index (χ1n) is 9.27. The van der Waals surface area contributed by atoms with Crippen molar-refractivity contribution in [2.75, 3.05) is 16.2 Å². The number of benzene rings is 3. The van der Waals surface area contributed by atoms with Crippen molar-refractivity contribution >= 4 is 27.3 Å². The maximum absolute atomic E-state index is 12.7. The first-order valence-corrected chi connectivity index (χ1v) is 10.8. The highest BCUT2D eigenvalue weighted by Gasteiger charge is 2.22. The molecule has 7 heteroatoms. The average molecular weight is 408 g/mol. The summed E-state index contributed by atoms with van der Waals surface area (Å²) in [4.78, 5) is 13.6. The van der Waals surface area contributed by atoms with Gasteiger partial charge >= 0.3 is 0 Å². The largest absolute Gasteiger partial charge is 0.457 e. The van der Waals surface area contributed by atoms with Gasteiger partial charge in [-0.25, -0.2) is 8.42 Å². The molecular weight excluding hydrogens is 388 g/mol. The Bertz CT molecular complexity index is 1100. The molecule has 0 aromatic heterocycles. The number of nitrogens with zero attached hydrogens (tertiary/aromatic N) is 1. The van der Waals surface area contributed by atoms with E-state index in [0.717, 1.165) is 6.42 Å². The fourth-order valence-corrected chi connectivity index (χ4v) is 4.21. The summed E-state index contributed by atoms with van der Waals surface area (Å²) in [5.74, 6) is 1.38. The van der Waals surface area contributed by atoms with Gasteiger partial charge in [0.1, 0.15) is 11.5 Å². The van der Waals surface area contributed by atoms with Crippen LogP contribution in [0.2, 0.25) is 0 Å². The van der Waals surface area contributed by atoms with Crippen LogP contribution in [0.3, 0.4) is 0 Å². The Hall–Kier alpha value is -3.32. The van der Waals surface area contributed by atoms with Crippen LogP contribution >= 0.6 is 0 Å². The lowest BCUT2D eigenvalue weighted by atomic mass is 10.3. The van der Waals surface area contributed by atoms with E-state index in [1.165, 1.54) is 12.1 Å². The van der Waals surface area contributed by atoms with Crippen LogP contribution in [0.1, 0.15) is 12.8 Å². The number of carbonyl (C=O) groups excluding carboxylic acids is 1. The van der Waals surface area contributed by atoms with E-state index in [0.29, 0.717) is 35.8 Å². The predicted molar refractivity (Wildman–Crippen MR) is 112 cm³/mol. The van der Waals surface area contributed by atoms with E-state index >= 15 is 0 Å². The molecule has 3 aromatic carbocycles. The molecule has 29 heavy (non-hydrogen) atoms. The van der Waals surface area contributed by atoms with Gasteiger partial charge in [0.25, 0.3) is 10.0 Å². The van der Waals surface area contributed by atoms with Crippen LogP contribution in [0.25, 0.3) is 0 Å². The second-order valence-electron chi connectivity index (χ2n) is 6.69. The fourth-order valence-electron chi connectivity index (χ4n) is 3.16. The molecule has 0 unspecified atom stereocenters. The summed E-state index contributed by atoms with van der Waals surface area (Å²) in [5, 5.41) is 0. The number of para-hydroxylation sites is 1. The van der Waals surface area contributed by atoms with E-state index in [1.54, 1.807) is 41.3 Å².